The van der Waals surface area contributed by atoms with Gasteiger partial charge >= 0.3 is 5.91 Å². The third kappa shape index (κ3) is 4.79. The lowest BCUT2D eigenvalue weighted by Crippen LogP contribution is -2.29. The number of hydrogen-bond donors (Lipinski definition) is 1. The van der Waals surface area contributed by atoms with Crippen LogP contribution in [0.5, 0.6) is 0 Å². The number of anilines is 1. The van der Waals surface area contributed by atoms with Crippen molar-refractivity contribution in [1.29, 1.82) is 0 Å². The van der Waals surface area contributed by atoms with Gasteiger partial charge in [0.15, 0.2) is 10.1 Å². The predicted octanol–water partition coefficient (Wildman–Crippen LogP) is 6.51. The summed E-state index contributed by atoms with van der Waals surface area (Å²) in [6.45, 7) is 3.62. The van der Waals surface area contributed by atoms with Crippen LogP contribution >= 0.6 is 34.7 Å². The van der Waals surface area contributed by atoms with E-state index in [1.807, 2.05) is 31.2 Å². The number of Topliss-reactive ketones (excluding diaryl/α,β-unsaturated/α-hetero) is 1. The Kier molecular flexibility index (Phi) is 7.10. The van der Waals surface area contributed by atoms with Gasteiger partial charge in [0.25, 0.3) is 5.78 Å². The number of imidazole rings is 1. The van der Waals surface area contributed by atoms with Gasteiger partial charge in [-0.05, 0) is 49.2 Å². The number of benzene rings is 2. The molecule has 0 radical (unpaired) electrons. The number of halogens is 2. The average molecular weight is 606 g/mol. The van der Waals surface area contributed by atoms with E-state index in [1.54, 1.807) is 35.7 Å². The van der Waals surface area contributed by atoms with E-state index >= 15 is 4.39 Å². The smallest absolute Gasteiger partial charge is 0.301 e. The zero-order chi connectivity index (χ0) is 28.8. The zero-order valence-electron chi connectivity index (χ0n) is 21.7. The van der Waals surface area contributed by atoms with Crippen LogP contribution in [0, 0.1) is 19.7 Å². The highest BCUT2D eigenvalue weighted by atomic mass is 35.5. The van der Waals surface area contributed by atoms with Crippen molar-refractivity contribution >= 4 is 62.9 Å². The normalized spacial score (nSPS) is 16.7. The Balaban J connectivity index is 1.44. The molecule has 1 unspecified atom stereocenters. The lowest BCUT2D eigenvalue weighted by molar-refractivity contribution is -0.132. The lowest BCUT2D eigenvalue weighted by Gasteiger charge is -2.22. The van der Waals surface area contributed by atoms with Gasteiger partial charge in [0.05, 0.1) is 11.3 Å². The maximum atomic E-state index is 15.2. The average Bonchev–Trinajstić information content (AvgIpc) is 3.64. The van der Waals surface area contributed by atoms with Crippen molar-refractivity contribution in [3.8, 4) is 0 Å². The van der Waals surface area contributed by atoms with Crippen molar-refractivity contribution in [2.45, 2.75) is 30.0 Å². The highest BCUT2D eigenvalue weighted by Crippen LogP contribution is 2.45. The van der Waals surface area contributed by atoms with E-state index in [4.69, 9.17) is 11.6 Å². The summed E-state index contributed by atoms with van der Waals surface area (Å²) in [7, 11) is 0. The van der Waals surface area contributed by atoms with Crippen LogP contribution < -0.4 is 4.90 Å². The molecule has 8 nitrogen and oxygen atoms in total. The Morgan fingerprint density at radius 1 is 1.07 bits per heavy atom. The lowest BCUT2D eigenvalue weighted by atomic mass is 9.96. The number of thioether (sulfide) groups is 1. The number of ketones is 1. The first kappa shape index (κ1) is 27.1. The van der Waals surface area contributed by atoms with Crippen LogP contribution in [0.3, 0.4) is 0 Å². The van der Waals surface area contributed by atoms with E-state index in [1.165, 1.54) is 30.0 Å². The Bertz CT molecular complexity index is 1870. The molecule has 1 N–H and O–H groups in total. The van der Waals surface area contributed by atoms with Crippen LogP contribution in [0.25, 0.3) is 11.4 Å². The molecule has 5 aromatic rings. The molecule has 1 aliphatic rings. The summed E-state index contributed by atoms with van der Waals surface area (Å²) in [6.07, 6.45) is 1.79. The molecule has 1 aliphatic heterocycles. The van der Waals surface area contributed by atoms with Crippen LogP contribution in [0.1, 0.15) is 34.1 Å². The summed E-state index contributed by atoms with van der Waals surface area (Å²) in [5.41, 5.74) is 2.94. The van der Waals surface area contributed by atoms with Crippen LogP contribution in [-0.4, -0.2) is 36.4 Å². The van der Waals surface area contributed by atoms with Crippen molar-refractivity contribution in [2.75, 3.05) is 4.90 Å². The van der Waals surface area contributed by atoms with E-state index < -0.39 is 29.3 Å². The number of nitrogens with zero attached hydrogens (tertiary/aromatic N) is 5. The van der Waals surface area contributed by atoms with E-state index in [9.17, 15) is 14.7 Å². The van der Waals surface area contributed by atoms with Gasteiger partial charge in [-0.2, -0.15) is 0 Å². The van der Waals surface area contributed by atoms with Gasteiger partial charge in [-0.25, -0.2) is 9.37 Å². The first-order valence-electron chi connectivity index (χ1n) is 12.5. The third-order valence-electron chi connectivity index (χ3n) is 6.83. The highest BCUT2D eigenvalue weighted by Gasteiger charge is 2.49. The molecule has 1 fully saturated rings. The topological polar surface area (TPSA) is 101 Å². The molecule has 1 saturated heterocycles. The Hall–Kier alpha value is -4.06. The number of aliphatic hydroxyl groups is 1. The second-order valence-corrected chi connectivity index (χ2v) is 12.0. The van der Waals surface area contributed by atoms with Crippen LogP contribution in [0.15, 0.2) is 76.8 Å². The van der Waals surface area contributed by atoms with Gasteiger partial charge in [-0.3, -0.25) is 14.5 Å². The van der Waals surface area contributed by atoms with E-state index in [-0.39, 0.29) is 22.0 Å². The number of fused-ring (bicyclic) bond motifs is 1. The molecule has 206 valence electrons. The number of aromatic nitrogens is 4. The second-order valence-electron chi connectivity index (χ2n) is 9.39. The molecule has 6 rings (SSSR count). The van der Waals surface area contributed by atoms with Gasteiger partial charge in [0.1, 0.15) is 23.2 Å². The van der Waals surface area contributed by atoms with Gasteiger partial charge in [0, 0.05) is 22.5 Å². The van der Waals surface area contributed by atoms with Crippen molar-refractivity contribution in [1.82, 2.24) is 19.6 Å². The van der Waals surface area contributed by atoms with Crippen LogP contribution in [0.4, 0.5) is 9.52 Å². The Morgan fingerprint density at radius 3 is 2.56 bits per heavy atom. The number of carbonyl (C=O) groups is 2. The summed E-state index contributed by atoms with van der Waals surface area (Å²) >= 11 is 8.47. The minimum Gasteiger partial charge on any atom is -0.505 e. The first-order chi connectivity index (χ1) is 19.7. The van der Waals surface area contributed by atoms with Gasteiger partial charge in [-0.1, -0.05) is 71.1 Å². The molecule has 41 heavy (non-hydrogen) atoms. The molecule has 0 saturated carbocycles. The van der Waals surface area contributed by atoms with Crippen molar-refractivity contribution in [3.63, 3.8) is 0 Å². The molecular weight excluding hydrogens is 585 g/mol. The molecule has 0 spiro atoms. The fourth-order valence-electron chi connectivity index (χ4n) is 4.78. The number of carbonyl (C=O) groups excluding carboxylic acids is 2. The monoisotopic (exact) mass is 605 g/mol. The summed E-state index contributed by atoms with van der Waals surface area (Å²) in [5, 5.41) is 20.7. The van der Waals surface area contributed by atoms with E-state index in [0.717, 1.165) is 27.4 Å². The molecule has 12 heteroatoms. The quantitative estimate of drug-likeness (QED) is 0.0774. The number of rotatable bonds is 6. The molecule has 3 aromatic heterocycles. The maximum absolute atomic E-state index is 15.2. The number of hydrogen-bond acceptors (Lipinski definition) is 8. The number of amides is 1. The van der Waals surface area contributed by atoms with Crippen molar-refractivity contribution < 1.29 is 19.1 Å². The van der Waals surface area contributed by atoms with Gasteiger partial charge in [-0.15, -0.1) is 10.2 Å². The maximum Gasteiger partial charge on any atom is 0.301 e. The summed E-state index contributed by atoms with van der Waals surface area (Å²) in [5.74, 6) is -2.45. The Morgan fingerprint density at radius 2 is 1.83 bits per heavy atom. The largest absolute Gasteiger partial charge is 0.505 e. The predicted molar refractivity (Wildman–Crippen MR) is 157 cm³/mol. The molecule has 4 heterocycles. The van der Waals surface area contributed by atoms with E-state index in [0.29, 0.717) is 26.5 Å². The minimum absolute atomic E-state index is 0.0383. The zero-order valence-corrected chi connectivity index (χ0v) is 24.1. The third-order valence-corrected chi connectivity index (χ3v) is 9.21. The minimum atomic E-state index is -1.27. The molecule has 0 bridgehead atoms. The molecule has 0 aliphatic carbocycles. The number of aryl methyl sites for hydroxylation is 2. The number of aliphatic hydroxyl groups excluding tert-OH is 1. The van der Waals surface area contributed by atoms with Gasteiger partial charge in [0.2, 0.25) is 5.13 Å². The highest BCUT2D eigenvalue weighted by molar-refractivity contribution is 8.00. The molecular formula is C29H21ClFN5O3S2. The molecule has 2 aromatic carbocycles. The molecule has 1 amide bonds. The summed E-state index contributed by atoms with van der Waals surface area (Å²) < 4.78 is 17.6. The summed E-state index contributed by atoms with van der Waals surface area (Å²) in [6, 6.07) is 15.7. The SMILES string of the molecule is Cc1cccn2c(C)c(C(O)=C3C(=O)C(=O)N(c4nnc(SCc5ccc(Cl)cc5)s4)C3c3ccccc3F)nc12. The first-order valence-corrected chi connectivity index (χ1v) is 14.6. The fraction of sp³-hybridized carbons (Fsp3) is 0.138. The number of pyridine rings is 1. The molecule has 1 atom stereocenters. The Labute approximate surface area is 247 Å². The van der Waals surface area contributed by atoms with Gasteiger partial charge < -0.3 is 9.51 Å². The van der Waals surface area contributed by atoms with Crippen LogP contribution in [-0.2, 0) is 15.3 Å². The van der Waals surface area contributed by atoms with E-state index in [2.05, 4.69) is 15.2 Å². The summed E-state index contributed by atoms with van der Waals surface area (Å²) in [4.78, 5) is 32.7. The van der Waals surface area contributed by atoms with Crippen LogP contribution in [0.2, 0.25) is 5.02 Å². The fourth-order valence-corrected chi connectivity index (χ4v) is 6.73. The standard InChI is InChI=1S/C29H21ClFN5O3S2/c1-15-6-5-13-35-16(2)22(32-26(15)35)24(37)21-23(19-7-3-4-8-20(19)31)36(27(39)25(21)38)28-33-34-29(41-28)40-14-17-9-11-18(30)12-10-17/h3-13,23,37H,14H2,1-2H3. The van der Waals surface area contributed by atoms with Crippen molar-refractivity contribution in [3.05, 3.63) is 111 Å². The second kappa shape index (κ2) is 10.7. The van der Waals surface area contributed by atoms with Crippen molar-refractivity contribution in [2.24, 2.45) is 0 Å².